The predicted octanol–water partition coefficient (Wildman–Crippen LogP) is 3.53. The van der Waals surface area contributed by atoms with Gasteiger partial charge < -0.3 is 5.32 Å². The molecule has 1 nitrogen and oxygen atoms in total. The Morgan fingerprint density at radius 1 is 1.31 bits per heavy atom. The highest BCUT2D eigenvalue weighted by Gasteiger charge is 2.34. The van der Waals surface area contributed by atoms with Crippen LogP contribution in [0.25, 0.3) is 0 Å². The molecule has 1 aromatic rings. The zero-order valence-electron chi connectivity index (χ0n) is 8.27. The third kappa shape index (κ3) is 2.40. The van der Waals surface area contributed by atoms with E-state index in [0.717, 1.165) is 12.0 Å². The maximum absolute atomic E-state index is 12.6. The van der Waals surface area contributed by atoms with Crippen molar-refractivity contribution in [3.63, 3.8) is 0 Å². The number of hydrogen-bond donors (Lipinski definition) is 2. The van der Waals surface area contributed by atoms with E-state index in [1.54, 1.807) is 6.07 Å². The number of alkyl halides is 3. The van der Waals surface area contributed by atoms with Crippen LogP contribution in [-0.4, -0.2) is 6.54 Å². The number of anilines is 1. The van der Waals surface area contributed by atoms with Crippen LogP contribution in [0.1, 0.15) is 16.7 Å². The molecule has 0 unspecified atom stereocenters. The number of benzene rings is 1. The van der Waals surface area contributed by atoms with E-state index < -0.39 is 11.7 Å². The second-order valence-corrected chi connectivity index (χ2v) is 3.82. The summed E-state index contributed by atoms with van der Waals surface area (Å²) >= 11 is 3.93. The zero-order valence-corrected chi connectivity index (χ0v) is 9.98. The summed E-state index contributed by atoms with van der Waals surface area (Å²) in [4.78, 5) is 0. The highest BCUT2D eigenvalue weighted by atomic mass is 35.5. The lowest BCUT2D eigenvalue weighted by Gasteiger charge is -2.13. The number of hydrogen-bond acceptors (Lipinski definition) is 2. The first-order valence-electron chi connectivity index (χ1n) is 4.60. The molecule has 0 atom stereocenters. The van der Waals surface area contributed by atoms with Gasteiger partial charge in [-0.05, 0) is 23.6 Å². The number of rotatable bonds is 1. The molecule has 1 heterocycles. The van der Waals surface area contributed by atoms with Crippen LogP contribution in [0.3, 0.4) is 0 Å². The molecule has 1 N–H and O–H groups in total. The quantitative estimate of drug-likeness (QED) is 0.744. The number of halogens is 4. The van der Waals surface area contributed by atoms with Crippen molar-refractivity contribution in [1.29, 1.82) is 0 Å². The van der Waals surface area contributed by atoms with Crippen LogP contribution in [0.5, 0.6) is 0 Å². The van der Waals surface area contributed by atoms with Gasteiger partial charge in [0.05, 0.1) is 5.56 Å². The molecule has 1 aromatic carbocycles. The molecular weight excluding hydrogens is 259 g/mol. The highest BCUT2D eigenvalue weighted by Crippen LogP contribution is 2.37. The van der Waals surface area contributed by atoms with E-state index in [1.165, 1.54) is 6.07 Å². The maximum Gasteiger partial charge on any atom is 0.416 e. The summed E-state index contributed by atoms with van der Waals surface area (Å²) < 4.78 is 37.9. The van der Waals surface area contributed by atoms with Crippen LogP contribution in [-0.2, 0) is 18.3 Å². The lowest BCUT2D eigenvalue weighted by Crippen LogP contribution is -2.09. The van der Waals surface area contributed by atoms with Gasteiger partial charge in [0.1, 0.15) is 0 Å². The van der Waals surface area contributed by atoms with Crippen molar-refractivity contribution in [3.8, 4) is 0 Å². The van der Waals surface area contributed by atoms with Gasteiger partial charge in [0.2, 0.25) is 0 Å². The second kappa shape index (κ2) is 4.75. The molecule has 90 valence electrons. The van der Waals surface area contributed by atoms with Crippen molar-refractivity contribution in [3.05, 3.63) is 28.8 Å². The number of fused-ring (bicyclic) bond motifs is 1. The van der Waals surface area contributed by atoms with E-state index in [1.807, 2.05) is 0 Å². The summed E-state index contributed by atoms with van der Waals surface area (Å²) in [6, 6.07) is 2.79. The predicted molar refractivity (Wildman–Crippen MR) is 63.6 cm³/mol. The fraction of sp³-hybridized carbons (Fsp3) is 0.400. The molecule has 0 radical (unpaired) electrons. The third-order valence-electron chi connectivity index (χ3n) is 2.51. The van der Waals surface area contributed by atoms with Gasteiger partial charge in [-0.2, -0.15) is 25.8 Å². The SMILES string of the molecule is Cl.FC(F)(F)c1cc2c(cc1CS)CCN2. The van der Waals surface area contributed by atoms with Crippen molar-refractivity contribution in [1.82, 2.24) is 0 Å². The Hall–Kier alpha value is -0.550. The summed E-state index contributed by atoms with van der Waals surface area (Å²) in [5, 5.41) is 2.94. The number of nitrogens with one attached hydrogen (secondary N) is 1. The van der Waals surface area contributed by atoms with Crippen LogP contribution < -0.4 is 5.32 Å². The first-order chi connectivity index (χ1) is 7.02. The molecule has 16 heavy (non-hydrogen) atoms. The van der Waals surface area contributed by atoms with Crippen molar-refractivity contribution in [2.75, 3.05) is 11.9 Å². The Bertz CT molecular complexity index is 392. The molecule has 0 bridgehead atoms. The van der Waals surface area contributed by atoms with Crippen LogP contribution in [0, 0.1) is 0 Å². The Morgan fingerprint density at radius 3 is 2.56 bits per heavy atom. The Balaban J connectivity index is 0.00000128. The first kappa shape index (κ1) is 13.5. The van der Waals surface area contributed by atoms with Gasteiger partial charge in [0.15, 0.2) is 0 Å². The molecule has 0 saturated heterocycles. The number of thiol groups is 1. The molecule has 2 rings (SSSR count). The lowest BCUT2D eigenvalue weighted by atomic mass is 10.0. The summed E-state index contributed by atoms with van der Waals surface area (Å²) in [6.45, 7) is 0.711. The first-order valence-corrected chi connectivity index (χ1v) is 5.23. The zero-order chi connectivity index (χ0) is 11.1. The largest absolute Gasteiger partial charge is 0.416 e. The topological polar surface area (TPSA) is 12.0 Å². The average molecular weight is 270 g/mol. The minimum absolute atomic E-state index is 0. The van der Waals surface area contributed by atoms with Crippen LogP contribution >= 0.6 is 25.0 Å². The molecular formula is C10H11ClF3NS. The van der Waals surface area contributed by atoms with Crippen LogP contribution in [0.15, 0.2) is 12.1 Å². The van der Waals surface area contributed by atoms with E-state index in [0.29, 0.717) is 12.2 Å². The van der Waals surface area contributed by atoms with Crippen LogP contribution in [0.4, 0.5) is 18.9 Å². The summed E-state index contributed by atoms with van der Waals surface area (Å²) in [6.07, 6.45) is -3.51. The van der Waals surface area contributed by atoms with E-state index >= 15 is 0 Å². The van der Waals surface area contributed by atoms with Crippen molar-refractivity contribution in [2.24, 2.45) is 0 Å². The summed E-state index contributed by atoms with van der Waals surface area (Å²) in [5.74, 6) is 0.113. The van der Waals surface area contributed by atoms with Crippen molar-refractivity contribution >= 4 is 30.7 Å². The van der Waals surface area contributed by atoms with E-state index in [-0.39, 0.29) is 23.7 Å². The van der Waals surface area contributed by atoms with Gasteiger partial charge in [-0.15, -0.1) is 12.4 Å². The molecule has 0 aliphatic carbocycles. The maximum atomic E-state index is 12.6. The molecule has 0 aromatic heterocycles. The molecule has 0 fully saturated rings. The molecule has 0 amide bonds. The summed E-state index contributed by atoms with van der Waals surface area (Å²) in [5.41, 5.74) is 1.24. The average Bonchev–Trinajstić information content (AvgIpc) is 2.60. The van der Waals surface area contributed by atoms with Gasteiger partial charge in [-0.25, -0.2) is 0 Å². The summed E-state index contributed by atoms with van der Waals surface area (Å²) in [7, 11) is 0. The normalized spacial score (nSPS) is 14.0. The molecule has 1 aliphatic rings. The van der Waals surface area contributed by atoms with E-state index in [4.69, 9.17) is 0 Å². The van der Waals surface area contributed by atoms with E-state index in [9.17, 15) is 13.2 Å². The minimum atomic E-state index is -4.29. The molecule has 0 spiro atoms. The van der Waals surface area contributed by atoms with Gasteiger partial charge in [-0.3, -0.25) is 0 Å². The van der Waals surface area contributed by atoms with E-state index in [2.05, 4.69) is 17.9 Å². The van der Waals surface area contributed by atoms with Crippen molar-refractivity contribution in [2.45, 2.75) is 18.3 Å². The van der Waals surface area contributed by atoms with Gasteiger partial charge >= 0.3 is 6.18 Å². The van der Waals surface area contributed by atoms with Gasteiger partial charge in [0.25, 0.3) is 0 Å². The fourth-order valence-electron chi connectivity index (χ4n) is 1.79. The third-order valence-corrected chi connectivity index (χ3v) is 2.86. The monoisotopic (exact) mass is 269 g/mol. The molecule has 0 saturated carbocycles. The van der Waals surface area contributed by atoms with Crippen molar-refractivity contribution < 1.29 is 13.2 Å². The highest BCUT2D eigenvalue weighted by molar-refractivity contribution is 7.79. The van der Waals surface area contributed by atoms with Gasteiger partial charge in [-0.1, -0.05) is 6.07 Å². The van der Waals surface area contributed by atoms with Crippen LogP contribution in [0.2, 0.25) is 0 Å². The minimum Gasteiger partial charge on any atom is -0.384 e. The lowest BCUT2D eigenvalue weighted by molar-refractivity contribution is -0.138. The Morgan fingerprint density at radius 2 is 2.00 bits per heavy atom. The smallest absolute Gasteiger partial charge is 0.384 e. The van der Waals surface area contributed by atoms with Gasteiger partial charge in [0, 0.05) is 18.0 Å². The molecule has 1 aliphatic heterocycles. The fourth-order valence-corrected chi connectivity index (χ4v) is 2.06. The Labute approximate surface area is 103 Å². The molecule has 6 heteroatoms. The Kier molecular flexibility index (Phi) is 4.02. The second-order valence-electron chi connectivity index (χ2n) is 3.50. The standard InChI is InChI=1S/C10H10F3NS.ClH/c11-10(12,13)8-4-9-6(1-2-14-9)3-7(8)5-15;/h3-4,14-15H,1-2,5H2;1H.